The molecule has 1 aliphatic rings. The average molecular weight is 388 g/mol. The van der Waals surface area contributed by atoms with E-state index >= 15 is 0 Å². The Morgan fingerprint density at radius 2 is 1.36 bits per heavy atom. The zero-order valence-corrected chi connectivity index (χ0v) is 16.7. The lowest BCUT2D eigenvalue weighted by atomic mass is 9.90. The van der Waals surface area contributed by atoms with E-state index < -0.39 is 0 Å². The van der Waals surface area contributed by atoms with Gasteiger partial charge >= 0.3 is 0 Å². The van der Waals surface area contributed by atoms with Gasteiger partial charge in [-0.3, -0.25) is 4.79 Å². The third-order valence-corrected chi connectivity index (χ3v) is 6.58. The molecule has 2 atom stereocenters. The van der Waals surface area contributed by atoms with E-state index in [0.717, 1.165) is 18.7 Å². The van der Waals surface area contributed by atoms with E-state index in [9.17, 15) is 4.79 Å². The smallest absolute Gasteiger partial charge is 0.226 e. The van der Waals surface area contributed by atoms with Gasteiger partial charge in [-0.1, -0.05) is 78.9 Å². The second-order valence-corrected chi connectivity index (χ2v) is 8.48. The van der Waals surface area contributed by atoms with Gasteiger partial charge in [0.1, 0.15) is 0 Å². The number of carbonyl (C=O) groups is 1. The number of hydrogen-bond acceptors (Lipinski definition) is 2. The molecule has 2 nitrogen and oxygen atoms in total. The van der Waals surface area contributed by atoms with E-state index in [1.807, 2.05) is 42.1 Å². The molecule has 1 saturated heterocycles. The summed E-state index contributed by atoms with van der Waals surface area (Å²) in [5.74, 6) is 1.69. The molecule has 0 saturated carbocycles. The topological polar surface area (TPSA) is 20.3 Å². The van der Waals surface area contributed by atoms with E-state index in [0.29, 0.717) is 18.4 Å². The molecular weight excluding hydrogens is 362 g/mol. The van der Waals surface area contributed by atoms with Crippen LogP contribution < -0.4 is 0 Å². The highest BCUT2D eigenvalue weighted by Crippen LogP contribution is 2.33. The third-order valence-electron chi connectivity index (χ3n) is 5.37. The van der Waals surface area contributed by atoms with Crippen molar-refractivity contribution in [3.8, 4) is 0 Å². The van der Waals surface area contributed by atoms with Crippen LogP contribution in [0.1, 0.15) is 11.1 Å². The van der Waals surface area contributed by atoms with Crippen molar-refractivity contribution in [3.63, 3.8) is 0 Å². The van der Waals surface area contributed by atoms with Crippen LogP contribution in [-0.4, -0.2) is 23.1 Å². The Bertz CT molecular complexity index is 882. The molecule has 1 aliphatic heterocycles. The number of thioether (sulfide) groups is 1. The number of rotatable bonds is 7. The minimum absolute atomic E-state index is 0.0577. The number of nitrogens with zero attached hydrogens (tertiary/aromatic N) is 1. The van der Waals surface area contributed by atoms with E-state index in [2.05, 4.69) is 65.6 Å². The highest BCUT2D eigenvalue weighted by molar-refractivity contribution is 7.99. The Hall–Kier alpha value is -2.52. The molecule has 1 fully saturated rings. The fourth-order valence-corrected chi connectivity index (χ4v) is 4.99. The summed E-state index contributed by atoms with van der Waals surface area (Å²) in [6.45, 7) is 1.54. The maximum atomic E-state index is 13.3. The second kappa shape index (κ2) is 9.11. The van der Waals surface area contributed by atoms with Crippen LogP contribution in [0.5, 0.6) is 0 Å². The Morgan fingerprint density at radius 1 is 0.786 bits per heavy atom. The fourth-order valence-electron chi connectivity index (χ4n) is 3.89. The first kappa shape index (κ1) is 18.8. The number of benzene rings is 3. The summed E-state index contributed by atoms with van der Waals surface area (Å²) in [6.07, 6.45) is 0.824. The van der Waals surface area contributed by atoms with Gasteiger partial charge in [0.05, 0.1) is 0 Å². The molecule has 1 amide bonds. The average Bonchev–Trinajstić information content (AvgIpc) is 3.03. The molecule has 0 aliphatic carbocycles. The van der Waals surface area contributed by atoms with E-state index in [1.165, 1.54) is 16.0 Å². The molecule has 3 aromatic rings. The van der Waals surface area contributed by atoms with Crippen LogP contribution in [0.4, 0.5) is 0 Å². The van der Waals surface area contributed by atoms with Crippen LogP contribution in [0.2, 0.25) is 0 Å². The molecule has 0 bridgehead atoms. The first-order valence-electron chi connectivity index (χ1n) is 9.84. The van der Waals surface area contributed by atoms with Crippen molar-refractivity contribution in [2.24, 2.45) is 11.8 Å². The normalized spacial score (nSPS) is 19.1. The summed E-state index contributed by atoms with van der Waals surface area (Å²) < 4.78 is 0. The summed E-state index contributed by atoms with van der Waals surface area (Å²) >= 11 is 1.86. The highest BCUT2D eigenvalue weighted by Gasteiger charge is 2.39. The minimum Gasteiger partial charge on any atom is -0.338 e. The van der Waals surface area contributed by atoms with Crippen LogP contribution in [0.25, 0.3) is 0 Å². The quantitative estimate of drug-likeness (QED) is 0.513. The van der Waals surface area contributed by atoms with Crippen LogP contribution in [0, 0.1) is 11.8 Å². The van der Waals surface area contributed by atoms with E-state index in [-0.39, 0.29) is 5.92 Å². The zero-order chi connectivity index (χ0) is 19.2. The molecule has 0 aromatic heterocycles. The van der Waals surface area contributed by atoms with Gasteiger partial charge in [-0.15, -0.1) is 11.8 Å². The van der Waals surface area contributed by atoms with Crippen LogP contribution in [0.3, 0.4) is 0 Å². The Morgan fingerprint density at radius 3 is 2.00 bits per heavy atom. The molecule has 142 valence electrons. The maximum Gasteiger partial charge on any atom is 0.226 e. The summed E-state index contributed by atoms with van der Waals surface area (Å²) in [5, 5.41) is 0. The van der Waals surface area contributed by atoms with Gasteiger partial charge < -0.3 is 4.90 Å². The Kier molecular flexibility index (Phi) is 6.13. The summed E-state index contributed by atoms with van der Waals surface area (Å²) in [6, 6.07) is 31.2. The van der Waals surface area contributed by atoms with Gasteiger partial charge in [-0.25, -0.2) is 0 Å². The Labute approximate surface area is 171 Å². The van der Waals surface area contributed by atoms with Gasteiger partial charge in [0.25, 0.3) is 0 Å². The number of carbonyl (C=O) groups excluding carboxylic acids is 1. The minimum atomic E-state index is 0.0577. The number of likely N-dealkylation sites (tertiary alicyclic amines) is 1. The van der Waals surface area contributed by atoms with Crippen molar-refractivity contribution < 1.29 is 4.79 Å². The highest BCUT2D eigenvalue weighted by atomic mass is 32.2. The maximum absolute atomic E-state index is 13.3. The molecule has 3 heteroatoms. The van der Waals surface area contributed by atoms with Crippen molar-refractivity contribution in [1.82, 2.24) is 4.90 Å². The molecule has 0 spiro atoms. The van der Waals surface area contributed by atoms with Crippen molar-refractivity contribution >= 4 is 17.7 Å². The predicted molar refractivity (Wildman–Crippen MR) is 116 cm³/mol. The standard InChI is InChI=1S/C25H25NOS/c27-25-24(16-20-10-4-1-5-11-20)22(19-28-23-14-8-3-9-15-23)18-26(25)17-21-12-6-2-7-13-21/h1-15,22,24H,16-19H2/t22-,24-/m0/s1. The van der Waals surface area contributed by atoms with Crippen LogP contribution >= 0.6 is 11.8 Å². The zero-order valence-electron chi connectivity index (χ0n) is 15.9. The predicted octanol–water partition coefficient (Wildman–Crippen LogP) is 5.30. The number of amides is 1. The summed E-state index contributed by atoms with van der Waals surface area (Å²) in [7, 11) is 0. The van der Waals surface area contributed by atoms with E-state index in [1.54, 1.807) is 0 Å². The van der Waals surface area contributed by atoms with Crippen molar-refractivity contribution in [1.29, 1.82) is 0 Å². The Balaban J connectivity index is 1.49. The summed E-state index contributed by atoms with van der Waals surface area (Å²) in [4.78, 5) is 16.6. The largest absolute Gasteiger partial charge is 0.338 e. The molecule has 1 heterocycles. The lowest BCUT2D eigenvalue weighted by molar-refractivity contribution is -0.131. The molecular formula is C25H25NOS. The molecule has 4 rings (SSSR count). The third kappa shape index (κ3) is 4.66. The van der Waals surface area contributed by atoms with Crippen molar-refractivity contribution in [2.45, 2.75) is 17.9 Å². The van der Waals surface area contributed by atoms with Gasteiger partial charge in [-0.05, 0) is 35.6 Å². The van der Waals surface area contributed by atoms with Gasteiger partial charge in [0.2, 0.25) is 5.91 Å². The lowest BCUT2D eigenvalue weighted by Gasteiger charge is -2.16. The first-order chi connectivity index (χ1) is 13.8. The molecule has 0 radical (unpaired) electrons. The molecule has 0 unspecified atom stereocenters. The van der Waals surface area contributed by atoms with Crippen molar-refractivity contribution in [3.05, 3.63) is 102 Å². The molecule has 3 aromatic carbocycles. The van der Waals surface area contributed by atoms with Crippen LogP contribution in [0.15, 0.2) is 95.9 Å². The molecule has 0 N–H and O–H groups in total. The summed E-state index contributed by atoms with van der Waals surface area (Å²) in [5.41, 5.74) is 2.45. The van der Waals surface area contributed by atoms with E-state index in [4.69, 9.17) is 0 Å². The monoisotopic (exact) mass is 387 g/mol. The second-order valence-electron chi connectivity index (χ2n) is 7.38. The lowest BCUT2D eigenvalue weighted by Crippen LogP contribution is -2.27. The van der Waals surface area contributed by atoms with Gasteiger partial charge in [0.15, 0.2) is 0 Å². The van der Waals surface area contributed by atoms with Crippen molar-refractivity contribution in [2.75, 3.05) is 12.3 Å². The number of hydrogen-bond donors (Lipinski definition) is 0. The SMILES string of the molecule is O=C1[C@@H](Cc2ccccc2)[C@H](CSc2ccccc2)CN1Cc1ccccc1. The fraction of sp³-hybridized carbons (Fsp3) is 0.240. The van der Waals surface area contributed by atoms with Gasteiger partial charge in [-0.2, -0.15) is 0 Å². The first-order valence-corrected chi connectivity index (χ1v) is 10.8. The molecule has 28 heavy (non-hydrogen) atoms. The van der Waals surface area contributed by atoms with Gasteiger partial charge in [0, 0.05) is 29.7 Å². The van der Waals surface area contributed by atoms with Crippen LogP contribution in [-0.2, 0) is 17.8 Å².